The number of benzene rings is 1. The Balaban J connectivity index is 1.42. The molecular weight excluding hydrogens is 388 g/mol. The number of hydrogen-bond acceptors (Lipinski definition) is 6. The first-order valence-corrected chi connectivity index (χ1v) is 11.4. The van der Waals surface area contributed by atoms with Gasteiger partial charge in [-0.1, -0.05) is 43.3 Å². The van der Waals surface area contributed by atoms with Gasteiger partial charge in [0, 0.05) is 41.9 Å². The van der Waals surface area contributed by atoms with Gasteiger partial charge in [-0.25, -0.2) is 0 Å². The second-order valence-electron chi connectivity index (χ2n) is 9.74. The van der Waals surface area contributed by atoms with Crippen molar-refractivity contribution in [3.63, 3.8) is 0 Å². The van der Waals surface area contributed by atoms with Gasteiger partial charge < -0.3 is 15.6 Å². The minimum Gasteiger partial charge on any atom is -0.332 e. The third kappa shape index (κ3) is 3.81. The first-order chi connectivity index (χ1) is 14.9. The van der Waals surface area contributed by atoms with Crippen LogP contribution in [-0.4, -0.2) is 39.1 Å². The van der Waals surface area contributed by atoms with Crippen LogP contribution >= 0.6 is 0 Å². The molecule has 2 aliphatic rings. The van der Waals surface area contributed by atoms with Crippen LogP contribution in [0.4, 0.5) is 0 Å². The van der Waals surface area contributed by atoms with Crippen LogP contribution in [0.2, 0.25) is 0 Å². The van der Waals surface area contributed by atoms with Crippen molar-refractivity contribution in [1.29, 1.82) is 0 Å². The fourth-order valence-corrected chi connectivity index (χ4v) is 4.99. The van der Waals surface area contributed by atoms with Gasteiger partial charge in [-0.15, -0.1) is 0 Å². The zero-order chi connectivity index (χ0) is 21.6. The maximum atomic E-state index is 6.33. The summed E-state index contributed by atoms with van der Waals surface area (Å²) in [6.45, 7) is 9.55. The van der Waals surface area contributed by atoms with E-state index in [1.54, 1.807) is 0 Å². The monoisotopic (exact) mass is 420 g/mol. The highest BCUT2D eigenvalue weighted by Gasteiger charge is 2.32. The highest BCUT2D eigenvalue weighted by atomic mass is 16.5. The van der Waals surface area contributed by atoms with Crippen molar-refractivity contribution in [2.75, 3.05) is 13.1 Å². The van der Waals surface area contributed by atoms with Crippen molar-refractivity contribution in [2.45, 2.75) is 65.0 Å². The quantitative estimate of drug-likeness (QED) is 0.670. The fourth-order valence-electron chi connectivity index (χ4n) is 4.99. The van der Waals surface area contributed by atoms with Crippen molar-refractivity contribution < 1.29 is 4.52 Å². The highest BCUT2D eigenvalue weighted by molar-refractivity contribution is 5.61. The average molecular weight is 421 g/mol. The molecule has 7 heteroatoms. The highest BCUT2D eigenvalue weighted by Crippen LogP contribution is 2.39. The summed E-state index contributed by atoms with van der Waals surface area (Å²) in [5.74, 6) is 1.46. The Bertz CT molecular complexity index is 1060. The summed E-state index contributed by atoms with van der Waals surface area (Å²) in [5, 5.41) is 12.5. The molecule has 1 aromatic carbocycles. The fraction of sp³-hybridized carbons (Fsp3) is 0.542. The summed E-state index contributed by atoms with van der Waals surface area (Å²) >= 11 is 0. The van der Waals surface area contributed by atoms with Crippen LogP contribution in [0, 0.1) is 5.41 Å². The predicted octanol–water partition coefficient (Wildman–Crippen LogP) is 3.54. The number of fused-ring (bicyclic) bond motifs is 1. The molecule has 1 aliphatic carbocycles. The van der Waals surface area contributed by atoms with Crippen LogP contribution in [0.15, 0.2) is 28.8 Å². The Morgan fingerprint density at radius 2 is 2.06 bits per heavy atom. The van der Waals surface area contributed by atoms with Gasteiger partial charge >= 0.3 is 0 Å². The van der Waals surface area contributed by atoms with Crippen molar-refractivity contribution in [2.24, 2.45) is 11.1 Å². The molecule has 3 heterocycles. The zero-order valence-electron chi connectivity index (χ0n) is 18.7. The van der Waals surface area contributed by atoms with Gasteiger partial charge in [0.15, 0.2) is 5.69 Å². The number of nitrogens with one attached hydrogen (secondary N) is 1. The molecule has 0 saturated carbocycles. The lowest BCUT2D eigenvalue weighted by molar-refractivity contribution is 0.304. The van der Waals surface area contributed by atoms with Crippen LogP contribution < -0.4 is 11.1 Å². The number of aryl methyl sites for hydroxylation is 1. The number of nitrogens with zero attached hydrogens (tertiary/aromatic N) is 4. The van der Waals surface area contributed by atoms with E-state index in [4.69, 9.17) is 20.3 Å². The van der Waals surface area contributed by atoms with Crippen LogP contribution in [0.25, 0.3) is 23.0 Å². The van der Waals surface area contributed by atoms with Gasteiger partial charge in [0.05, 0.1) is 0 Å². The molecular formula is C24H32N6O. The number of rotatable bonds is 4. The lowest BCUT2D eigenvalue weighted by Gasteiger charge is -2.30. The molecule has 3 aromatic rings. The summed E-state index contributed by atoms with van der Waals surface area (Å²) in [6.07, 6.45) is 4.18. The lowest BCUT2D eigenvalue weighted by Crippen LogP contribution is -2.43. The number of piperidine rings is 1. The Kier molecular flexibility index (Phi) is 5.18. The molecule has 5 rings (SSSR count). The third-order valence-corrected chi connectivity index (χ3v) is 6.92. The first-order valence-electron chi connectivity index (χ1n) is 11.4. The van der Waals surface area contributed by atoms with Crippen molar-refractivity contribution in [1.82, 2.24) is 25.2 Å². The van der Waals surface area contributed by atoms with Gasteiger partial charge in [0.1, 0.15) is 0 Å². The zero-order valence-corrected chi connectivity index (χ0v) is 18.7. The van der Waals surface area contributed by atoms with E-state index < -0.39 is 0 Å². The van der Waals surface area contributed by atoms with E-state index >= 15 is 0 Å². The minimum absolute atomic E-state index is 0.203. The van der Waals surface area contributed by atoms with E-state index in [9.17, 15) is 0 Å². The van der Waals surface area contributed by atoms with Crippen LogP contribution in [-0.2, 0) is 19.4 Å². The van der Waals surface area contributed by atoms with E-state index in [0.717, 1.165) is 56.6 Å². The first kappa shape index (κ1) is 20.4. The standard InChI is InChI=1S/C24H32N6O/c1-4-30-20-13-24(2,3)11-9-17(20)21(28-30)23-27-22(29-31-23)16-7-5-15(6-8-16)18-14-26-12-10-19(18)25/h5-8,18-19,26H,4,9-14,25H2,1-3H3. The van der Waals surface area contributed by atoms with Gasteiger partial charge in [-0.2, -0.15) is 10.1 Å². The van der Waals surface area contributed by atoms with Crippen molar-refractivity contribution >= 4 is 0 Å². The normalized spacial score (nSPS) is 23.0. The molecule has 31 heavy (non-hydrogen) atoms. The Hall–Kier alpha value is -2.51. The molecule has 1 saturated heterocycles. The summed E-state index contributed by atoms with van der Waals surface area (Å²) in [5.41, 5.74) is 12.3. The van der Waals surface area contributed by atoms with Crippen molar-refractivity contribution in [3.8, 4) is 23.0 Å². The molecule has 3 N–H and O–H groups in total. The van der Waals surface area contributed by atoms with Crippen molar-refractivity contribution in [3.05, 3.63) is 41.1 Å². The average Bonchev–Trinajstić information content (AvgIpc) is 3.38. The summed E-state index contributed by atoms with van der Waals surface area (Å²) < 4.78 is 7.78. The second-order valence-corrected chi connectivity index (χ2v) is 9.74. The number of hydrogen-bond donors (Lipinski definition) is 2. The van der Waals surface area contributed by atoms with Gasteiger partial charge in [0.2, 0.25) is 5.82 Å². The molecule has 7 nitrogen and oxygen atoms in total. The van der Waals surface area contributed by atoms with Crippen LogP contribution in [0.1, 0.15) is 56.4 Å². The third-order valence-electron chi connectivity index (χ3n) is 6.92. The molecule has 0 bridgehead atoms. The maximum absolute atomic E-state index is 6.33. The summed E-state index contributed by atoms with van der Waals surface area (Å²) in [6, 6.07) is 8.60. The summed E-state index contributed by atoms with van der Waals surface area (Å²) in [7, 11) is 0. The van der Waals surface area contributed by atoms with Crippen LogP contribution in [0.3, 0.4) is 0 Å². The molecule has 2 aromatic heterocycles. The molecule has 2 unspecified atom stereocenters. The molecule has 2 atom stereocenters. The van der Waals surface area contributed by atoms with Crippen LogP contribution in [0.5, 0.6) is 0 Å². The molecule has 1 aliphatic heterocycles. The largest absolute Gasteiger partial charge is 0.332 e. The van der Waals surface area contributed by atoms with E-state index in [-0.39, 0.29) is 6.04 Å². The van der Waals surface area contributed by atoms with E-state index in [1.807, 2.05) is 0 Å². The molecule has 164 valence electrons. The van der Waals surface area contributed by atoms with Gasteiger partial charge in [0.25, 0.3) is 5.89 Å². The minimum atomic E-state index is 0.203. The Labute approximate surface area is 183 Å². The molecule has 1 fully saturated rings. The Morgan fingerprint density at radius 3 is 2.81 bits per heavy atom. The lowest BCUT2D eigenvalue weighted by atomic mass is 9.76. The Morgan fingerprint density at radius 1 is 1.26 bits per heavy atom. The SMILES string of the molecule is CCn1nc(-c2nc(-c3ccc(C4CNCCC4N)cc3)no2)c2c1CC(C)(C)CC2. The number of aromatic nitrogens is 4. The van der Waals surface area contributed by atoms with Gasteiger partial charge in [-0.3, -0.25) is 4.68 Å². The predicted molar refractivity (Wildman–Crippen MR) is 121 cm³/mol. The number of nitrogens with two attached hydrogens (primary N) is 1. The molecule has 0 spiro atoms. The van der Waals surface area contributed by atoms with Gasteiger partial charge in [-0.05, 0) is 50.1 Å². The maximum Gasteiger partial charge on any atom is 0.279 e. The second kappa shape index (κ2) is 7.88. The molecule has 0 amide bonds. The smallest absolute Gasteiger partial charge is 0.279 e. The van der Waals surface area contributed by atoms with E-state index in [2.05, 4.69) is 60.2 Å². The molecule has 0 radical (unpaired) electrons. The van der Waals surface area contributed by atoms with E-state index in [1.165, 1.54) is 16.8 Å². The van der Waals surface area contributed by atoms with E-state index in [0.29, 0.717) is 23.0 Å². The topological polar surface area (TPSA) is 94.8 Å². The summed E-state index contributed by atoms with van der Waals surface area (Å²) in [4.78, 5) is 4.71.